The molecule has 3 heteroatoms. The van der Waals surface area contributed by atoms with Gasteiger partial charge in [-0.2, -0.15) is 0 Å². The highest BCUT2D eigenvalue weighted by Crippen LogP contribution is 2.13. The van der Waals surface area contributed by atoms with Gasteiger partial charge in [0.1, 0.15) is 0 Å². The number of nitrogens with one attached hydrogen (secondary N) is 1. The average molecular weight is 368 g/mol. The maximum atomic E-state index is 11.8. The van der Waals surface area contributed by atoms with E-state index in [1.807, 2.05) is 6.92 Å². The summed E-state index contributed by atoms with van der Waals surface area (Å²) >= 11 is 0. The van der Waals surface area contributed by atoms with E-state index in [4.69, 9.17) is 0 Å². The van der Waals surface area contributed by atoms with E-state index in [2.05, 4.69) is 12.2 Å². The number of ketones is 1. The first-order chi connectivity index (χ1) is 12.6. The van der Waals surface area contributed by atoms with Crippen molar-refractivity contribution in [1.82, 2.24) is 5.32 Å². The van der Waals surface area contributed by atoms with Gasteiger partial charge in [-0.1, -0.05) is 104 Å². The van der Waals surface area contributed by atoms with Gasteiger partial charge in [-0.05, 0) is 19.8 Å². The molecule has 0 saturated carbocycles. The lowest BCUT2D eigenvalue weighted by atomic mass is 10.0. The average Bonchev–Trinajstić information content (AvgIpc) is 2.62. The summed E-state index contributed by atoms with van der Waals surface area (Å²) in [6.45, 7) is 5.75. The second-order valence-corrected chi connectivity index (χ2v) is 7.84. The number of hydrogen-bond acceptors (Lipinski definition) is 2. The van der Waals surface area contributed by atoms with Gasteiger partial charge in [0, 0.05) is 6.42 Å². The van der Waals surface area contributed by atoms with E-state index >= 15 is 0 Å². The largest absolute Gasteiger partial charge is 0.346 e. The fourth-order valence-corrected chi connectivity index (χ4v) is 3.41. The van der Waals surface area contributed by atoms with Gasteiger partial charge < -0.3 is 5.32 Å². The number of carbonyl (C=O) groups is 2. The molecular weight excluding hydrogens is 322 g/mol. The number of amides is 1. The third-order valence-electron chi connectivity index (χ3n) is 5.24. The minimum Gasteiger partial charge on any atom is -0.346 e. The first kappa shape index (κ1) is 25.1. The van der Waals surface area contributed by atoms with Crippen molar-refractivity contribution in [2.45, 2.75) is 136 Å². The Morgan fingerprint density at radius 2 is 1.04 bits per heavy atom. The van der Waals surface area contributed by atoms with Crippen molar-refractivity contribution in [3.63, 3.8) is 0 Å². The Hall–Kier alpha value is -0.860. The van der Waals surface area contributed by atoms with E-state index in [0.717, 1.165) is 12.8 Å². The van der Waals surface area contributed by atoms with Crippen LogP contribution in [0.2, 0.25) is 0 Å². The molecule has 1 atom stereocenters. The van der Waals surface area contributed by atoms with Crippen LogP contribution in [-0.4, -0.2) is 17.7 Å². The third-order valence-corrected chi connectivity index (χ3v) is 5.24. The molecule has 0 saturated heterocycles. The molecule has 0 aromatic rings. The summed E-state index contributed by atoms with van der Waals surface area (Å²) in [7, 11) is 0. The molecule has 0 bridgehead atoms. The van der Waals surface area contributed by atoms with Gasteiger partial charge in [-0.25, -0.2) is 0 Å². The van der Waals surface area contributed by atoms with Crippen LogP contribution in [0, 0.1) is 0 Å². The van der Waals surface area contributed by atoms with Crippen LogP contribution in [0.4, 0.5) is 0 Å². The molecule has 0 aliphatic heterocycles. The molecule has 0 aromatic heterocycles. The normalized spacial score (nSPS) is 12.1. The van der Waals surface area contributed by atoms with Crippen LogP contribution in [0.5, 0.6) is 0 Å². The topological polar surface area (TPSA) is 46.2 Å². The number of rotatable bonds is 19. The number of Topliss-reactive ketones (excluding diaryl/α,β-unsaturated/α-hetero) is 1. The molecular formula is C23H45NO2. The summed E-state index contributed by atoms with van der Waals surface area (Å²) in [6.07, 6.45) is 21.2. The lowest BCUT2D eigenvalue weighted by Gasteiger charge is -2.13. The van der Waals surface area contributed by atoms with Crippen molar-refractivity contribution in [3.05, 3.63) is 0 Å². The van der Waals surface area contributed by atoms with Gasteiger partial charge in [0.25, 0.3) is 0 Å². The molecule has 0 rings (SSSR count). The van der Waals surface area contributed by atoms with Gasteiger partial charge in [0.15, 0.2) is 5.78 Å². The lowest BCUT2D eigenvalue weighted by molar-refractivity contribution is -0.127. The van der Waals surface area contributed by atoms with E-state index in [1.165, 1.54) is 83.5 Å². The number of hydrogen-bond donors (Lipinski definition) is 1. The molecule has 0 aliphatic carbocycles. The van der Waals surface area contributed by atoms with Crippen LogP contribution in [0.1, 0.15) is 130 Å². The summed E-state index contributed by atoms with van der Waals surface area (Å²) in [6, 6.07) is -0.293. The predicted molar refractivity (Wildman–Crippen MR) is 112 cm³/mol. The minimum atomic E-state index is -0.293. The maximum Gasteiger partial charge on any atom is 0.220 e. The zero-order valence-electron chi connectivity index (χ0n) is 17.9. The Balaban J connectivity index is 3.26. The van der Waals surface area contributed by atoms with E-state index < -0.39 is 0 Å². The summed E-state index contributed by atoms with van der Waals surface area (Å²) in [5.41, 5.74) is 0. The van der Waals surface area contributed by atoms with Crippen LogP contribution >= 0.6 is 0 Å². The first-order valence-electron chi connectivity index (χ1n) is 11.4. The number of carbonyl (C=O) groups excluding carboxylic acids is 2. The highest BCUT2D eigenvalue weighted by atomic mass is 16.2. The zero-order chi connectivity index (χ0) is 19.5. The SMILES string of the molecule is CCCCCCCCCCCCCCCCCC(=O)NC(CC)C(C)=O. The minimum absolute atomic E-state index is 0.0294. The Kier molecular flexibility index (Phi) is 18.3. The summed E-state index contributed by atoms with van der Waals surface area (Å²) in [5.74, 6) is 0.0825. The molecule has 1 N–H and O–H groups in total. The zero-order valence-corrected chi connectivity index (χ0v) is 17.9. The van der Waals surface area contributed by atoms with E-state index in [1.54, 1.807) is 6.92 Å². The molecule has 3 nitrogen and oxygen atoms in total. The van der Waals surface area contributed by atoms with Crippen LogP contribution < -0.4 is 5.32 Å². The fraction of sp³-hybridized carbons (Fsp3) is 0.913. The lowest BCUT2D eigenvalue weighted by Crippen LogP contribution is -2.39. The molecule has 1 unspecified atom stereocenters. The van der Waals surface area contributed by atoms with Crippen molar-refractivity contribution in [2.24, 2.45) is 0 Å². The third kappa shape index (κ3) is 16.6. The van der Waals surface area contributed by atoms with E-state index in [9.17, 15) is 9.59 Å². The highest BCUT2D eigenvalue weighted by Gasteiger charge is 2.13. The van der Waals surface area contributed by atoms with E-state index in [-0.39, 0.29) is 17.7 Å². The molecule has 154 valence electrons. The molecule has 0 aromatic carbocycles. The molecule has 0 radical (unpaired) electrons. The summed E-state index contributed by atoms with van der Waals surface area (Å²) in [5, 5.41) is 2.83. The summed E-state index contributed by atoms with van der Waals surface area (Å²) < 4.78 is 0. The summed E-state index contributed by atoms with van der Waals surface area (Å²) in [4.78, 5) is 23.1. The van der Waals surface area contributed by atoms with Crippen molar-refractivity contribution in [1.29, 1.82) is 0 Å². The highest BCUT2D eigenvalue weighted by molar-refractivity contribution is 5.87. The molecule has 0 aliphatic rings. The second-order valence-electron chi connectivity index (χ2n) is 7.84. The maximum absolute atomic E-state index is 11.8. The van der Waals surface area contributed by atoms with Crippen LogP contribution in [-0.2, 0) is 9.59 Å². The van der Waals surface area contributed by atoms with Crippen LogP contribution in [0.3, 0.4) is 0 Å². The molecule has 0 heterocycles. The Morgan fingerprint density at radius 1 is 0.654 bits per heavy atom. The van der Waals surface area contributed by atoms with E-state index in [0.29, 0.717) is 12.8 Å². The van der Waals surface area contributed by atoms with Gasteiger partial charge >= 0.3 is 0 Å². The van der Waals surface area contributed by atoms with Crippen molar-refractivity contribution >= 4 is 11.7 Å². The molecule has 0 spiro atoms. The first-order valence-corrected chi connectivity index (χ1v) is 11.4. The monoisotopic (exact) mass is 367 g/mol. The smallest absolute Gasteiger partial charge is 0.220 e. The quantitative estimate of drug-likeness (QED) is 0.257. The van der Waals surface area contributed by atoms with Gasteiger partial charge in [0.05, 0.1) is 6.04 Å². The van der Waals surface area contributed by atoms with Gasteiger partial charge in [-0.15, -0.1) is 0 Å². The second kappa shape index (κ2) is 18.9. The Bertz CT molecular complexity index is 341. The Labute approximate surface area is 163 Å². The Morgan fingerprint density at radius 3 is 1.38 bits per heavy atom. The molecule has 1 amide bonds. The van der Waals surface area contributed by atoms with Crippen molar-refractivity contribution in [3.8, 4) is 0 Å². The van der Waals surface area contributed by atoms with Crippen molar-refractivity contribution in [2.75, 3.05) is 0 Å². The van der Waals surface area contributed by atoms with Gasteiger partial charge in [-0.3, -0.25) is 9.59 Å². The fourth-order valence-electron chi connectivity index (χ4n) is 3.41. The molecule has 0 fully saturated rings. The standard InChI is InChI=1S/C23H45NO2/c1-4-6-7-8-9-10-11-12-13-14-15-16-17-18-19-20-23(26)24-22(5-2)21(3)25/h22H,4-20H2,1-3H3,(H,24,26). The van der Waals surface area contributed by atoms with Crippen LogP contribution in [0.15, 0.2) is 0 Å². The van der Waals surface area contributed by atoms with Gasteiger partial charge in [0.2, 0.25) is 5.91 Å². The van der Waals surface area contributed by atoms with Crippen LogP contribution in [0.25, 0.3) is 0 Å². The number of unbranched alkanes of at least 4 members (excludes halogenated alkanes) is 14. The van der Waals surface area contributed by atoms with Crippen molar-refractivity contribution < 1.29 is 9.59 Å². The predicted octanol–water partition coefficient (Wildman–Crippen LogP) is 6.73. The molecule has 26 heavy (non-hydrogen) atoms.